The predicted molar refractivity (Wildman–Crippen MR) is 62.1 cm³/mol. The number of carbonyl (C=O) groups excluding carboxylic acids is 1. The van der Waals surface area contributed by atoms with Crippen LogP contribution in [-0.4, -0.2) is 11.0 Å². The molecular weight excluding hydrogens is 192 g/mol. The van der Waals surface area contributed by atoms with Crippen LogP contribution in [0.15, 0.2) is 29.2 Å². The Morgan fingerprint density at radius 3 is 2.71 bits per heavy atom. The van der Waals surface area contributed by atoms with Gasteiger partial charge in [-0.25, -0.2) is 0 Å². The van der Waals surface area contributed by atoms with Gasteiger partial charge in [0.05, 0.1) is 0 Å². The molecule has 0 unspecified atom stereocenters. The Morgan fingerprint density at radius 1 is 1.43 bits per heavy atom. The molecule has 0 N–H and O–H groups in total. The van der Waals surface area contributed by atoms with E-state index in [4.69, 9.17) is 0 Å². The maximum Gasteiger partial charge on any atom is 0.162 e. The van der Waals surface area contributed by atoms with E-state index in [9.17, 15) is 4.79 Å². The Morgan fingerprint density at radius 2 is 2.14 bits per heavy atom. The Balaban J connectivity index is 2.84. The summed E-state index contributed by atoms with van der Waals surface area (Å²) in [6, 6.07) is 7.87. The van der Waals surface area contributed by atoms with E-state index < -0.39 is 0 Å². The first-order chi connectivity index (χ1) is 6.63. The molecule has 1 aromatic rings. The molecule has 0 spiro atoms. The fourth-order valence-corrected chi connectivity index (χ4v) is 2.12. The molecule has 0 saturated heterocycles. The summed E-state index contributed by atoms with van der Waals surface area (Å²) in [6.45, 7) is 6.20. The smallest absolute Gasteiger partial charge is 0.162 e. The second kappa shape index (κ2) is 5.20. The summed E-state index contributed by atoms with van der Waals surface area (Å²) >= 11 is 1.79. The third-order valence-electron chi connectivity index (χ3n) is 1.85. The van der Waals surface area contributed by atoms with Gasteiger partial charge in [0.1, 0.15) is 0 Å². The van der Waals surface area contributed by atoms with Crippen molar-refractivity contribution < 1.29 is 4.79 Å². The van der Waals surface area contributed by atoms with E-state index in [1.54, 1.807) is 11.8 Å². The monoisotopic (exact) mass is 208 g/mol. The van der Waals surface area contributed by atoms with Crippen LogP contribution in [0.1, 0.15) is 37.6 Å². The van der Waals surface area contributed by atoms with E-state index in [2.05, 4.69) is 19.9 Å². The van der Waals surface area contributed by atoms with Crippen molar-refractivity contribution >= 4 is 17.5 Å². The third kappa shape index (κ3) is 3.18. The molecule has 1 rings (SSSR count). The zero-order valence-electron chi connectivity index (χ0n) is 8.91. The molecule has 0 bridgehead atoms. The summed E-state index contributed by atoms with van der Waals surface area (Å²) in [5.41, 5.74) is 0.832. The topological polar surface area (TPSA) is 17.1 Å². The van der Waals surface area contributed by atoms with Crippen molar-refractivity contribution in [3.63, 3.8) is 0 Å². The molecule has 0 aromatic heterocycles. The number of carbonyl (C=O) groups is 1. The van der Waals surface area contributed by atoms with Gasteiger partial charge in [-0.05, 0) is 12.1 Å². The molecule has 0 saturated carbocycles. The third-order valence-corrected chi connectivity index (χ3v) is 2.85. The minimum Gasteiger partial charge on any atom is -0.294 e. The number of Topliss-reactive ketones (excluding diaryl/α,β-unsaturated/α-hetero) is 1. The van der Waals surface area contributed by atoms with Gasteiger partial charge >= 0.3 is 0 Å². The van der Waals surface area contributed by atoms with Crippen molar-refractivity contribution in [2.75, 3.05) is 0 Å². The molecule has 0 aliphatic carbocycles. The Bertz CT molecular complexity index is 318. The van der Waals surface area contributed by atoms with Crippen LogP contribution in [0.25, 0.3) is 0 Å². The molecule has 0 aliphatic heterocycles. The molecule has 0 amide bonds. The lowest BCUT2D eigenvalue weighted by atomic mass is 10.1. The minimum absolute atomic E-state index is 0.219. The Hall–Kier alpha value is -0.760. The molecule has 0 atom stereocenters. The van der Waals surface area contributed by atoms with Crippen LogP contribution in [0.2, 0.25) is 0 Å². The zero-order chi connectivity index (χ0) is 10.6. The number of hydrogen-bond acceptors (Lipinski definition) is 2. The highest BCUT2D eigenvalue weighted by molar-refractivity contribution is 7.99. The van der Waals surface area contributed by atoms with Crippen molar-refractivity contribution in [1.29, 1.82) is 0 Å². The largest absolute Gasteiger partial charge is 0.294 e. The van der Waals surface area contributed by atoms with Crippen LogP contribution >= 0.6 is 11.8 Å². The van der Waals surface area contributed by atoms with Crippen molar-refractivity contribution in [3.8, 4) is 0 Å². The summed E-state index contributed by atoms with van der Waals surface area (Å²) in [6.07, 6.45) is 0.579. The highest BCUT2D eigenvalue weighted by atomic mass is 32.2. The normalized spacial score (nSPS) is 10.6. The first-order valence-electron chi connectivity index (χ1n) is 4.93. The van der Waals surface area contributed by atoms with Gasteiger partial charge in [-0.2, -0.15) is 0 Å². The SMILES string of the molecule is CCC(=O)c1cccc(SC(C)C)c1. The van der Waals surface area contributed by atoms with Crippen LogP contribution < -0.4 is 0 Å². The summed E-state index contributed by atoms with van der Waals surface area (Å²) in [5.74, 6) is 0.219. The average molecular weight is 208 g/mol. The van der Waals surface area contributed by atoms with Crippen molar-refractivity contribution in [2.24, 2.45) is 0 Å². The fourth-order valence-electron chi connectivity index (χ4n) is 1.22. The Labute approximate surface area is 89.9 Å². The van der Waals surface area contributed by atoms with Gasteiger partial charge in [-0.1, -0.05) is 32.9 Å². The number of rotatable bonds is 4. The summed E-state index contributed by atoms with van der Waals surface area (Å²) < 4.78 is 0. The van der Waals surface area contributed by atoms with Gasteiger partial charge < -0.3 is 0 Å². The van der Waals surface area contributed by atoms with Gasteiger partial charge in [0.15, 0.2) is 5.78 Å². The molecule has 0 aliphatic rings. The van der Waals surface area contributed by atoms with E-state index in [1.807, 2.05) is 25.1 Å². The van der Waals surface area contributed by atoms with Gasteiger partial charge in [0, 0.05) is 22.1 Å². The van der Waals surface area contributed by atoms with Crippen LogP contribution in [0, 0.1) is 0 Å². The van der Waals surface area contributed by atoms with E-state index in [0.29, 0.717) is 11.7 Å². The summed E-state index contributed by atoms with van der Waals surface area (Å²) in [7, 11) is 0. The Kier molecular flexibility index (Phi) is 4.21. The average Bonchev–Trinajstić information content (AvgIpc) is 2.16. The summed E-state index contributed by atoms with van der Waals surface area (Å²) in [5, 5.41) is 0.557. The molecule has 1 nitrogen and oxygen atoms in total. The van der Waals surface area contributed by atoms with Crippen LogP contribution in [0.4, 0.5) is 0 Å². The highest BCUT2D eigenvalue weighted by Crippen LogP contribution is 2.23. The zero-order valence-corrected chi connectivity index (χ0v) is 9.73. The number of thioether (sulfide) groups is 1. The lowest BCUT2D eigenvalue weighted by Gasteiger charge is -2.05. The van der Waals surface area contributed by atoms with Gasteiger partial charge in [-0.3, -0.25) is 4.79 Å². The van der Waals surface area contributed by atoms with E-state index in [-0.39, 0.29) is 5.78 Å². The second-order valence-corrected chi connectivity index (χ2v) is 5.12. The lowest BCUT2D eigenvalue weighted by molar-refractivity contribution is 0.0988. The predicted octanol–water partition coefficient (Wildman–Crippen LogP) is 3.78. The molecule has 0 radical (unpaired) electrons. The fraction of sp³-hybridized carbons (Fsp3) is 0.417. The van der Waals surface area contributed by atoms with E-state index in [0.717, 1.165) is 5.56 Å². The van der Waals surface area contributed by atoms with Crippen molar-refractivity contribution in [2.45, 2.75) is 37.3 Å². The second-order valence-electron chi connectivity index (χ2n) is 3.47. The first-order valence-corrected chi connectivity index (χ1v) is 5.81. The van der Waals surface area contributed by atoms with Gasteiger partial charge in [0.2, 0.25) is 0 Å². The standard InChI is InChI=1S/C12H16OS/c1-4-12(13)10-6-5-7-11(8-10)14-9(2)3/h5-9H,4H2,1-3H3. The molecule has 76 valence electrons. The quantitative estimate of drug-likeness (QED) is 0.553. The molecule has 0 fully saturated rings. The number of benzene rings is 1. The highest BCUT2D eigenvalue weighted by Gasteiger charge is 2.04. The molecule has 14 heavy (non-hydrogen) atoms. The van der Waals surface area contributed by atoms with E-state index >= 15 is 0 Å². The molecule has 0 heterocycles. The van der Waals surface area contributed by atoms with Crippen LogP contribution in [0.3, 0.4) is 0 Å². The van der Waals surface area contributed by atoms with Gasteiger partial charge in [0.25, 0.3) is 0 Å². The van der Waals surface area contributed by atoms with Crippen LogP contribution in [0.5, 0.6) is 0 Å². The van der Waals surface area contributed by atoms with Crippen LogP contribution in [-0.2, 0) is 0 Å². The number of hydrogen-bond donors (Lipinski definition) is 0. The van der Waals surface area contributed by atoms with E-state index in [1.165, 1.54) is 4.90 Å². The minimum atomic E-state index is 0.219. The van der Waals surface area contributed by atoms with Gasteiger partial charge in [-0.15, -0.1) is 11.8 Å². The van der Waals surface area contributed by atoms with Crippen molar-refractivity contribution in [1.82, 2.24) is 0 Å². The maximum absolute atomic E-state index is 11.4. The lowest BCUT2D eigenvalue weighted by Crippen LogP contribution is -1.96. The maximum atomic E-state index is 11.4. The molecule has 2 heteroatoms. The summed E-state index contributed by atoms with van der Waals surface area (Å²) in [4.78, 5) is 12.6. The number of ketones is 1. The van der Waals surface area contributed by atoms with Crippen molar-refractivity contribution in [3.05, 3.63) is 29.8 Å². The molecular formula is C12H16OS. The molecule has 1 aromatic carbocycles. The first kappa shape index (κ1) is 11.3.